The number of halogens is 1. The summed E-state index contributed by atoms with van der Waals surface area (Å²) in [5, 5.41) is 6.13. The van der Waals surface area contributed by atoms with Crippen LogP contribution in [-0.4, -0.2) is 41.0 Å². The molecule has 0 bridgehead atoms. The first-order valence-electron chi connectivity index (χ1n) is 13.1. The van der Waals surface area contributed by atoms with Gasteiger partial charge >= 0.3 is 6.09 Å². The molecule has 208 valence electrons. The second-order valence-corrected chi connectivity index (χ2v) is 11.5. The molecule has 0 saturated carbocycles. The van der Waals surface area contributed by atoms with E-state index >= 15 is 0 Å². The number of amides is 3. The minimum atomic E-state index is -0.945. The number of hydrogen-bond donors (Lipinski definition) is 2. The van der Waals surface area contributed by atoms with Crippen molar-refractivity contribution in [2.75, 3.05) is 11.9 Å². The van der Waals surface area contributed by atoms with Crippen molar-refractivity contribution in [3.63, 3.8) is 0 Å². The first-order chi connectivity index (χ1) is 17.6. The standard InChI is InChI=1S/C30H42ClN3O4/c1-10-34(28(36)24(16-18(2)3)32-29(37)38-30(7,8)9)26(22-15-14-19(4)17-21(22)6)27(35)33-25-20(5)12-11-13-23(25)31/h11-15,17-18,24,26H,10,16H2,1-9H3,(H,32,37)(H,33,35). The molecule has 0 aromatic heterocycles. The van der Waals surface area contributed by atoms with Gasteiger partial charge in [0.2, 0.25) is 5.91 Å². The third-order valence-electron chi connectivity index (χ3n) is 6.07. The lowest BCUT2D eigenvalue weighted by atomic mass is 9.95. The lowest BCUT2D eigenvalue weighted by Crippen LogP contribution is -2.52. The van der Waals surface area contributed by atoms with E-state index in [1.54, 1.807) is 26.8 Å². The van der Waals surface area contributed by atoms with E-state index in [-0.39, 0.29) is 24.3 Å². The SMILES string of the molecule is CCN(C(=O)C(CC(C)C)NC(=O)OC(C)(C)C)C(C(=O)Nc1c(C)cccc1Cl)c1ccc(C)cc1C. The second-order valence-electron chi connectivity index (χ2n) is 11.1. The third kappa shape index (κ3) is 8.48. The second kappa shape index (κ2) is 13.1. The minimum absolute atomic E-state index is 0.108. The summed E-state index contributed by atoms with van der Waals surface area (Å²) >= 11 is 6.41. The number of anilines is 1. The summed E-state index contributed by atoms with van der Waals surface area (Å²) in [6, 6.07) is 9.36. The normalized spacial score (nSPS) is 13.0. The molecule has 0 aliphatic heterocycles. The van der Waals surface area contributed by atoms with Gasteiger partial charge in [0, 0.05) is 6.54 Å². The predicted octanol–water partition coefficient (Wildman–Crippen LogP) is 6.73. The fourth-order valence-electron chi connectivity index (χ4n) is 4.37. The van der Waals surface area contributed by atoms with Crippen LogP contribution in [0.3, 0.4) is 0 Å². The topological polar surface area (TPSA) is 87.7 Å². The molecule has 2 aromatic rings. The van der Waals surface area contributed by atoms with Crippen LogP contribution in [0.4, 0.5) is 10.5 Å². The summed E-state index contributed by atoms with van der Waals surface area (Å²) < 4.78 is 5.43. The fourth-order valence-corrected chi connectivity index (χ4v) is 4.64. The van der Waals surface area contributed by atoms with Crippen molar-refractivity contribution in [3.05, 3.63) is 63.7 Å². The minimum Gasteiger partial charge on any atom is -0.444 e. The Kier molecular flexibility index (Phi) is 10.8. The number of aryl methyl sites for hydroxylation is 3. The molecule has 0 radical (unpaired) electrons. The van der Waals surface area contributed by atoms with Crippen molar-refractivity contribution >= 4 is 35.2 Å². The highest BCUT2D eigenvalue weighted by atomic mass is 35.5. The highest BCUT2D eigenvalue weighted by Gasteiger charge is 2.36. The molecule has 8 heteroatoms. The van der Waals surface area contributed by atoms with E-state index in [1.807, 2.05) is 71.9 Å². The van der Waals surface area contributed by atoms with Crippen LogP contribution in [-0.2, 0) is 14.3 Å². The number of alkyl carbamates (subject to hydrolysis) is 1. The van der Waals surface area contributed by atoms with Crippen LogP contribution in [0, 0.1) is 26.7 Å². The highest BCUT2D eigenvalue weighted by molar-refractivity contribution is 6.34. The van der Waals surface area contributed by atoms with Gasteiger partial charge in [-0.3, -0.25) is 9.59 Å². The molecule has 3 amide bonds. The number of ether oxygens (including phenoxy) is 1. The van der Waals surface area contributed by atoms with Crippen LogP contribution in [0.2, 0.25) is 5.02 Å². The van der Waals surface area contributed by atoms with Gasteiger partial charge < -0.3 is 20.3 Å². The summed E-state index contributed by atoms with van der Waals surface area (Å²) in [6.07, 6.45) is -0.286. The maximum atomic E-state index is 14.0. The van der Waals surface area contributed by atoms with Gasteiger partial charge in [-0.05, 0) is 83.6 Å². The zero-order valence-electron chi connectivity index (χ0n) is 24.1. The Morgan fingerprint density at radius 1 is 1.03 bits per heavy atom. The van der Waals surface area contributed by atoms with E-state index in [4.69, 9.17) is 16.3 Å². The molecule has 0 aliphatic rings. The number of para-hydroxylation sites is 1. The lowest BCUT2D eigenvalue weighted by Gasteiger charge is -2.35. The van der Waals surface area contributed by atoms with Crippen LogP contribution < -0.4 is 10.6 Å². The fraction of sp³-hybridized carbons (Fsp3) is 0.500. The zero-order chi connectivity index (χ0) is 28.8. The Hall–Kier alpha value is -3.06. The molecule has 2 aromatic carbocycles. The van der Waals surface area contributed by atoms with E-state index in [1.165, 1.54) is 4.90 Å². The number of carbonyl (C=O) groups is 3. The maximum Gasteiger partial charge on any atom is 0.408 e. The number of carbonyl (C=O) groups excluding carboxylic acids is 3. The van der Waals surface area contributed by atoms with Crippen molar-refractivity contribution in [2.24, 2.45) is 5.92 Å². The molecular weight excluding hydrogens is 502 g/mol. The summed E-state index contributed by atoms with van der Waals surface area (Å²) in [7, 11) is 0. The molecule has 38 heavy (non-hydrogen) atoms. The summed E-state index contributed by atoms with van der Waals surface area (Å²) in [6.45, 7) is 17.1. The van der Waals surface area contributed by atoms with Crippen LogP contribution in [0.15, 0.2) is 36.4 Å². The highest BCUT2D eigenvalue weighted by Crippen LogP contribution is 2.31. The van der Waals surface area contributed by atoms with Gasteiger partial charge in [0.1, 0.15) is 17.7 Å². The van der Waals surface area contributed by atoms with Crippen molar-refractivity contribution in [1.29, 1.82) is 0 Å². The van der Waals surface area contributed by atoms with Crippen molar-refractivity contribution in [1.82, 2.24) is 10.2 Å². The smallest absolute Gasteiger partial charge is 0.408 e. The first-order valence-corrected chi connectivity index (χ1v) is 13.5. The molecule has 0 aliphatic carbocycles. The van der Waals surface area contributed by atoms with Gasteiger partial charge in [0.15, 0.2) is 0 Å². The molecule has 2 N–H and O–H groups in total. The maximum absolute atomic E-state index is 14.0. The molecule has 2 unspecified atom stereocenters. The Bertz CT molecular complexity index is 1140. The van der Waals surface area contributed by atoms with E-state index in [0.717, 1.165) is 16.7 Å². The average Bonchev–Trinajstić information content (AvgIpc) is 2.78. The summed E-state index contributed by atoms with van der Waals surface area (Å²) in [5.74, 6) is -0.635. The lowest BCUT2D eigenvalue weighted by molar-refractivity contribution is -0.140. The van der Waals surface area contributed by atoms with Gasteiger partial charge in [-0.2, -0.15) is 0 Å². The van der Waals surface area contributed by atoms with E-state index in [2.05, 4.69) is 10.6 Å². The number of likely N-dealkylation sites (N-methyl/N-ethyl adjacent to an activating group) is 1. The van der Waals surface area contributed by atoms with Crippen LogP contribution in [0.25, 0.3) is 0 Å². The van der Waals surface area contributed by atoms with Gasteiger partial charge in [0.25, 0.3) is 5.91 Å². The van der Waals surface area contributed by atoms with Gasteiger partial charge in [-0.25, -0.2) is 4.79 Å². The van der Waals surface area contributed by atoms with Crippen molar-refractivity contribution in [3.8, 4) is 0 Å². The third-order valence-corrected chi connectivity index (χ3v) is 6.38. The monoisotopic (exact) mass is 543 g/mol. The van der Waals surface area contributed by atoms with E-state index in [9.17, 15) is 14.4 Å². The van der Waals surface area contributed by atoms with Crippen LogP contribution >= 0.6 is 11.6 Å². The molecule has 7 nitrogen and oxygen atoms in total. The molecule has 2 rings (SSSR count). The Morgan fingerprint density at radius 3 is 2.21 bits per heavy atom. The summed E-state index contributed by atoms with van der Waals surface area (Å²) in [5.41, 5.74) is 3.23. The largest absolute Gasteiger partial charge is 0.444 e. The molecule has 0 spiro atoms. The number of benzene rings is 2. The Labute approximate surface area is 232 Å². The number of nitrogens with one attached hydrogen (secondary N) is 2. The molecule has 2 atom stereocenters. The van der Waals surface area contributed by atoms with E-state index in [0.29, 0.717) is 22.7 Å². The average molecular weight is 544 g/mol. The molecule has 0 saturated heterocycles. The predicted molar refractivity (Wildman–Crippen MR) is 153 cm³/mol. The number of hydrogen-bond acceptors (Lipinski definition) is 4. The van der Waals surface area contributed by atoms with Crippen LogP contribution in [0.1, 0.15) is 76.3 Å². The van der Waals surface area contributed by atoms with Crippen molar-refractivity contribution < 1.29 is 19.1 Å². The van der Waals surface area contributed by atoms with E-state index < -0.39 is 23.8 Å². The summed E-state index contributed by atoms with van der Waals surface area (Å²) in [4.78, 5) is 42.1. The van der Waals surface area contributed by atoms with Crippen molar-refractivity contribution in [2.45, 2.75) is 86.4 Å². The zero-order valence-corrected chi connectivity index (χ0v) is 24.8. The van der Waals surface area contributed by atoms with Crippen LogP contribution in [0.5, 0.6) is 0 Å². The Balaban J connectivity index is 2.54. The molecule has 0 heterocycles. The molecular formula is C30H42ClN3O4. The van der Waals surface area contributed by atoms with Gasteiger partial charge in [-0.15, -0.1) is 0 Å². The Morgan fingerprint density at radius 2 is 1.68 bits per heavy atom. The van der Waals surface area contributed by atoms with Gasteiger partial charge in [0.05, 0.1) is 10.7 Å². The number of nitrogens with zero attached hydrogens (tertiary/aromatic N) is 1. The first kappa shape index (κ1) is 31.2. The number of rotatable bonds is 9. The van der Waals surface area contributed by atoms with Gasteiger partial charge in [-0.1, -0.05) is 61.3 Å². The quantitative estimate of drug-likeness (QED) is 0.367. The molecule has 0 fully saturated rings.